The zero-order valence-corrected chi connectivity index (χ0v) is 14.9. The second-order valence-electron chi connectivity index (χ2n) is 6.81. The summed E-state index contributed by atoms with van der Waals surface area (Å²) in [6, 6.07) is 16.3. The zero-order chi connectivity index (χ0) is 20.1. The SMILES string of the molecule is CN1C(=O)c2ccccc2C(O)(c2ccc(F)cc2)C1(O)c1ccc(F)cc1. The Morgan fingerprint density at radius 3 is 1.86 bits per heavy atom. The number of fused-ring (bicyclic) bond motifs is 1. The van der Waals surface area contributed by atoms with E-state index >= 15 is 0 Å². The van der Waals surface area contributed by atoms with E-state index in [0.29, 0.717) is 0 Å². The lowest BCUT2D eigenvalue weighted by molar-refractivity contribution is -0.213. The molecule has 0 aromatic heterocycles. The minimum absolute atomic E-state index is 0.117. The molecule has 0 radical (unpaired) electrons. The molecule has 2 atom stereocenters. The van der Waals surface area contributed by atoms with Gasteiger partial charge >= 0.3 is 0 Å². The number of likely N-dealkylation sites (N-methyl/N-ethyl adjacent to an activating group) is 1. The highest BCUT2D eigenvalue weighted by Gasteiger charge is 2.61. The van der Waals surface area contributed by atoms with Gasteiger partial charge in [0.2, 0.25) is 5.72 Å². The van der Waals surface area contributed by atoms with Crippen molar-refractivity contribution in [3.63, 3.8) is 0 Å². The normalized spacial score (nSPS) is 24.2. The van der Waals surface area contributed by atoms with Crippen LogP contribution in [0.3, 0.4) is 0 Å². The maximum atomic E-state index is 13.5. The topological polar surface area (TPSA) is 60.8 Å². The molecule has 0 spiro atoms. The van der Waals surface area contributed by atoms with Crippen molar-refractivity contribution in [3.05, 3.63) is 107 Å². The fourth-order valence-corrected chi connectivity index (χ4v) is 3.88. The standard InChI is InChI=1S/C22H17F2NO3/c1-25-20(26)18-4-2-3-5-19(18)21(27,14-6-10-16(23)11-7-14)22(25,28)15-8-12-17(24)13-9-15/h2-13,27-28H,1H3. The lowest BCUT2D eigenvalue weighted by atomic mass is 9.69. The molecule has 4 rings (SSSR count). The maximum Gasteiger partial charge on any atom is 0.256 e. The predicted molar refractivity (Wildman–Crippen MR) is 98.2 cm³/mol. The van der Waals surface area contributed by atoms with Crippen molar-refractivity contribution in [3.8, 4) is 0 Å². The van der Waals surface area contributed by atoms with Gasteiger partial charge in [-0.15, -0.1) is 0 Å². The lowest BCUT2D eigenvalue weighted by Gasteiger charge is -2.52. The summed E-state index contributed by atoms with van der Waals surface area (Å²) in [6.07, 6.45) is 0. The fraction of sp³-hybridized carbons (Fsp3) is 0.136. The molecule has 0 fully saturated rings. The molecule has 3 aromatic carbocycles. The van der Waals surface area contributed by atoms with Crippen molar-refractivity contribution in [1.82, 2.24) is 4.90 Å². The van der Waals surface area contributed by atoms with Crippen molar-refractivity contribution in [2.24, 2.45) is 0 Å². The minimum Gasteiger partial charge on any atom is -0.375 e. The third kappa shape index (κ3) is 2.32. The molecule has 2 unspecified atom stereocenters. The van der Waals surface area contributed by atoms with Gasteiger partial charge in [0, 0.05) is 23.7 Å². The van der Waals surface area contributed by atoms with Crippen LogP contribution in [-0.2, 0) is 11.3 Å². The smallest absolute Gasteiger partial charge is 0.256 e. The predicted octanol–water partition coefficient (Wildman–Crippen LogP) is 3.13. The number of carbonyl (C=O) groups is 1. The molecule has 4 nitrogen and oxygen atoms in total. The number of benzene rings is 3. The van der Waals surface area contributed by atoms with E-state index in [2.05, 4.69) is 0 Å². The third-order valence-electron chi connectivity index (χ3n) is 5.35. The van der Waals surface area contributed by atoms with Crippen LogP contribution in [0.2, 0.25) is 0 Å². The van der Waals surface area contributed by atoms with Crippen molar-refractivity contribution in [2.45, 2.75) is 11.3 Å². The van der Waals surface area contributed by atoms with Gasteiger partial charge in [0.1, 0.15) is 11.6 Å². The van der Waals surface area contributed by atoms with Crippen molar-refractivity contribution >= 4 is 5.91 Å². The second-order valence-corrected chi connectivity index (χ2v) is 6.81. The van der Waals surface area contributed by atoms with Gasteiger partial charge in [0.15, 0.2) is 5.60 Å². The number of hydrogen-bond acceptors (Lipinski definition) is 3. The molecule has 2 N–H and O–H groups in total. The molecule has 1 aliphatic heterocycles. The van der Waals surface area contributed by atoms with E-state index in [1.54, 1.807) is 18.2 Å². The van der Waals surface area contributed by atoms with E-state index < -0.39 is 28.9 Å². The van der Waals surface area contributed by atoms with Crippen LogP contribution < -0.4 is 0 Å². The summed E-state index contributed by atoms with van der Waals surface area (Å²) in [5.74, 6) is -1.54. The quantitative estimate of drug-likeness (QED) is 0.717. The summed E-state index contributed by atoms with van der Waals surface area (Å²) in [6.45, 7) is 0. The van der Waals surface area contributed by atoms with E-state index in [0.717, 1.165) is 29.2 Å². The van der Waals surface area contributed by atoms with Crippen LogP contribution in [0.1, 0.15) is 27.0 Å². The molecule has 0 saturated heterocycles. The van der Waals surface area contributed by atoms with Crippen molar-refractivity contribution in [1.29, 1.82) is 0 Å². The maximum absolute atomic E-state index is 13.5. The average molecular weight is 381 g/mol. The van der Waals surface area contributed by atoms with Crippen molar-refractivity contribution < 1.29 is 23.8 Å². The third-order valence-corrected chi connectivity index (χ3v) is 5.35. The number of aliphatic hydroxyl groups is 2. The fourth-order valence-electron chi connectivity index (χ4n) is 3.88. The summed E-state index contributed by atoms with van der Waals surface area (Å²) in [4.78, 5) is 14.0. The first-order valence-corrected chi connectivity index (χ1v) is 8.64. The highest BCUT2D eigenvalue weighted by molar-refractivity contribution is 5.98. The second kappa shape index (κ2) is 6.22. The van der Waals surface area contributed by atoms with Crippen LogP contribution in [-0.4, -0.2) is 28.1 Å². The van der Waals surface area contributed by atoms with E-state index in [1.807, 2.05) is 0 Å². The number of nitrogens with zero attached hydrogens (tertiary/aromatic N) is 1. The Labute approximate surface area is 160 Å². The first kappa shape index (κ1) is 18.3. The molecule has 0 bridgehead atoms. The lowest BCUT2D eigenvalue weighted by Crippen LogP contribution is -2.64. The summed E-state index contributed by atoms with van der Waals surface area (Å²) >= 11 is 0. The Morgan fingerprint density at radius 1 is 0.786 bits per heavy atom. The summed E-state index contributed by atoms with van der Waals surface area (Å²) < 4.78 is 27.0. The molecular formula is C22H17F2NO3. The minimum atomic E-state index is -2.26. The van der Waals surface area contributed by atoms with Crippen LogP contribution in [0.25, 0.3) is 0 Å². The zero-order valence-electron chi connectivity index (χ0n) is 14.9. The van der Waals surface area contributed by atoms with Gasteiger partial charge in [-0.25, -0.2) is 8.78 Å². The number of carbonyl (C=O) groups excluding carboxylic acids is 1. The molecule has 3 aromatic rings. The van der Waals surface area contributed by atoms with E-state index in [1.165, 1.54) is 37.4 Å². The summed E-state index contributed by atoms with van der Waals surface area (Å²) in [5.41, 5.74) is -3.69. The molecule has 28 heavy (non-hydrogen) atoms. The van der Waals surface area contributed by atoms with Gasteiger partial charge in [0.05, 0.1) is 0 Å². The average Bonchev–Trinajstić information content (AvgIpc) is 2.71. The van der Waals surface area contributed by atoms with E-state index in [4.69, 9.17) is 0 Å². The van der Waals surface area contributed by atoms with Crippen LogP contribution in [0.15, 0.2) is 72.8 Å². The number of rotatable bonds is 2. The highest BCUT2D eigenvalue weighted by Crippen LogP contribution is 2.51. The molecule has 0 aliphatic carbocycles. The first-order chi connectivity index (χ1) is 13.3. The van der Waals surface area contributed by atoms with E-state index in [-0.39, 0.29) is 22.3 Å². The van der Waals surface area contributed by atoms with Crippen molar-refractivity contribution in [2.75, 3.05) is 7.05 Å². The van der Waals surface area contributed by atoms with Gasteiger partial charge in [-0.05, 0) is 35.9 Å². The Kier molecular flexibility index (Phi) is 4.06. The number of halogens is 2. The molecule has 142 valence electrons. The van der Waals surface area contributed by atoms with E-state index in [9.17, 15) is 23.8 Å². The number of amides is 1. The summed E-state index contributed by atoms with van der Waals surface area (Å²) in [7, 11) is 1.36. The van der Waals surface area contributed by atoms with Crippen LogP contribution >= 0.6 is 0 Å². The van der Waals surface area contributed by atoms with Gasteiger partial charge in [-0.3, -0.25) is 4.79 Å². The largest absolute Gasteiger partial charge is 0.375 e. The highest BCUT2D eigenvalue weighted by atomic mass is 19.1. The Hall–Kier alpha value is -3.09. The Morgan fingerprint density at radius 2 is 1.29 bits per heavy atom. The molecule has 0 saturated carbocycles. The van der Waals surface area contributed by atoms with Crippen LogP contribution in [0.4, 0.5) is 8.78 Å². The van der Waals surface area contributed by atoms with Gasteiger partial charge in [0.25, 0.3) is 5.91 Å². The molecule has 1 amide bonds. The molecular weight excluding hydrogens is 364 g/mol. The van der Waals surface area contributed by atoms with Gasteiger partial charge in [-0.2, -0.15) is 0 Å². The van der Waals surface area contributed by atoms with Gasteiger partial charge in [-0.1, -0.05) is 42.5 Å². The first-order valence-electron chi connectivity index (χ1n) is 8.64. The Balaban J connectivity index is 2.09. The van der Waals surface area contributed by atoms with Crippen LogP contribution in [0, 0.1) is 11.6 Å². The summed E-state index contributed by atoms with van der Waals surface area (Å²) in [5, 5.41) is 23.8. The monoisotopic (exact) mass is 381 g/mol. The molecule has 1 aliphatic rings. The van der Waals surface area contributed by atoms with Crippen LogP contribution in [0.5, 0.6) is 0 Å². The number of hydrogen-bond donors (Lipinski definition) is 2. The molecule has 1 heterocycles. The van der Waals surface area contributed by atoms with Gasteiger partial charge < -0.3 is 15.1 Å². The molecule has 6 heteroatoms. The Bertz CT molecular complexity index is 1050.